The van der Waals surface area contributed by atoms with Crippen molar-refractivity contribution in [1.82, 2.24) is 5.32 Å². The molecule has 0 bridgehead atoms. The molecule has 0 saturated carbocycles. The number of rotatable bonds is 5. The topological polar surface area (TPSA) is 64.6 Å². The summed E-state index contributed by atoms with van der Waals surface area (Å²) in [4.78, 5) is 23.2. The molecule has 0 radical (unpaired) electrons. The zero-order valence-electron chi connectivity index (χ0n) is 11.6. The van der Waals surface area contributed by atoms with Gasteiger partial charge in [0.1, 0.15) is 18.4 Å². The van der Waals surface area contributed by atoms with Crippen LogP contribution in [0.1, 0.15) is 18.1 Å². The molecular formula is C14H19NO4. The minimum absolute atomic E-state index is 0.0823. The Morgan fingerprint density at radius 2 is 1.84 bits per heavy atom. The van der Waals surface area contributed by atoms with Crippen LogP contribution in [0.5, 0.6) is 5.75 Å². The molecule has 5 nitrogen and oxygen atoms in total. The Balaban J connectivity index is 2.66. The fraction of sp³-hybridized carbons (Fsp3) is 0.429. The number of hydrogen-bond donors (Lipinski definition) is 1. The summed E-state index contributed by atoms with van der Waals surface area (Å²) in [6.07, 6.45) is 0. The van der Waals surface area contributed by atoms with E-state index in [4.69, 9.17) is 4.74 Å². The van der Waals surface area contributed by atoms with Gasteiger partial charge in [0.2, 0.25) is 5.91 Å². The molecular weight excluding hydrogens is 246 g/mol. The lowest BCUT2D eigenvalue weighted by Gasteiger charge is -2.15. The summed E-state index contributed by atoms with van der Waals surface area (Å²) in [6.45, 7) is 5.22. The van der Waals surface area contributed by atoms with Crippen molar-refractivity contribution in [2.75, 3.05) is 13.7 Å². The Morgan fingerprint density at radius 1 is 1.26 bits per heavy atom. The smallest absolute Gasteiger partial charge is 0.333 e. The lowest BCUT2D eigenvalue weighted by molar-refractivity contribution is -0.139. The molecule has 0 aliphatic heterocycles. The first kappa shape index (κ1) is 15.2. The number of carbonyl (C=O) groups is 2. The highest BCUT2D eigenvalue weighted by molar-refractivity contribution is 5.86. The van der Waals surface area contributed by atoms with Crippen molar-refractivity contribution < 1.29 is 19.1 Å². The number of carbonyl (C=O) groups excluding carboxylic acids is 2. The molecule has 0 aliphatic rings. The minimum Gasteiger partial charge on any atom is -0.424 e. The lowest BCUT2D eigenvalue weighted by atomic mass is 10.1. The second kappa shape index (κ2) is 6.89. The molecule has 0 aliphatic carbocycles. The maximum Gasteiger partial charge on any atom is 0.333 e. The van der Waals surface area contributed by atoms with Crippen molar-refractivity contribution in [2.45, 2.75) is 26.8 Å². The summed E-state index contributed by atoms with van der Waals surface area (Å²) in [7, 11) is 1.42. The average molecular weight is 265 g/mol. The molecule has 5 heteroatoms. The second-order valence-electron chi connectivity index (χ2n) is 4.36. The standard InChI is InChI=1S/C14H19NO4/c1-9-6-5-7-10(2)13(9)19-14(17)11(3)15-12(16)8-18-4/h5-7,11H,8H2,1-4H3,(H,15,16)/t11-/m1/s1. The van der Waals surface area contributed by atoms with Gasteiger partial charge in [-0.3, -0.25) is 4.79 Å². The number of aryl methyl sites for hydroxylation is 2. The van der Waals surface area contributed by atoms with Crippen molar-refractivity contribution in [3.63, 3.8) is 0 Å². The van der Waals surface area contributed by atoms with Crippen LogP contribution in [0.4, 0.5) is 0 Å². The summed E-state index contributed by atoms with van der Waals surface area (Å²) < 4.78 is 10.00. The van der Waals surface area contributed by atoms with E-state index >= 15 is 0 Å². The van der Waals surface area contributed by atoms with Crippen LogP contribution in [-0.2, 0) is 14.3 Å². The summed E-state index contributed by atoms with van der Waals surface area (Å²) in [6, 6.07) is 4.90. The van der Waals surface area contributed by atoms with E-state index in [1.807, 2.05) is 32.0 Å². The number of para-hydroxylation sites is 1. The van der Waals surface area contributed by atoms with Crippen LogP contribution in [0.2, 0.25) is 0 Å². The van der Waals surface area contributed by atoms with Crippen LogP contribution < -0.4 is 10.1 Å². The zero-order chi connectivity index (χ0) is 14.4. The molecule has 1 rings (SSSR count). The van der Waals surface area contributed by atoms with E-state index in [0.717, 1.165) is 11.1 Å². The SMILES string of the molecule is COCC(=O)N[C@H](C)C(=O)Oc1c(C)cccc1C. The molecule has 0 unspecified atom stereocenters. The van der Waals surface area contributed by atoms with Gasteiger partial charge in [-0.05, 0) is 31.9 Å². The van der Waals surface area contributed by atoms with E-state index in [1.54, 1.807) is 6.92 Å². The molecule has 0 heterocycles. The zero-order valence-corrected chi connectivity index (χ0v) is 11.6. The normalized spacial score (nSPS) is 11.8. The third-order valence-electron chi connectivity index (χ3n) is 2.62. The summed E-state index contributed by atoms with van der Waals surface area (Å²) >= 11 is 0. The van der Waals surface area contributed by atoms with Crippen molar-refractivity contribution in [1.29, 1.82) is 0 Å². The molecule has 0 aromatic heterocycles. The molecule has 1 aromatic rings. The Kier molecular flexibility index (Phi) is 5.51. The molecule has 0 fully saturated rings. The molecule has 0 saturated heterocycles. The van der Waals surface area contributed by atoms with Crippen LogP contribution in [0, 0.1) is 13.8 Å². The van der Waals surface area contributed by atoms with Gasteiger partial charge in [-0.25, -0.2) is 4.79 Å². The number of ether oxygens (including phenoxy) is 2. The quantitative estimate of drug-likeness (QED) is 0.645. The van der Waals surface area contributed by atoms with E-state index in [1.165, 1.54) is 7.11 Å². The average Bonchev–Trinajstić information content (AvgIpc) is 2.34. The first-order valence-electron chi connectivity index (χ1n) is 6.02. The van der Waals surface area contributed by atoms with Gasteiger partial charge in [0.15, 0.2) is 0 Å². The molecule has 1 aromatic carbocycles. The number of benzene rings is 1. The number of hydrogen-bond acceptors (Lipinski definition) is 4. The largest absolute Gasteiger partial charge is 0.424 e. The predicted molar refractivity (Wildman–Crippen MR) is 71.0 cm³/mol. The highest BCUT2D eigenvalue weighted by Gasteiger charge is 2.19. The Bertz CT molecular complexity index is 450. The number of esters is 1. The Hall–Kier alpha value is -1.88. The lowest BCUT2D eigenvalue weighted by Crippen LogP contribution is -2.42. The van der Waals surface area contributed by atoms with Gasteiger partial charge in [0, 0.05) is 7.11 Å². The Labute approximate surface area is 112 Å². The summed E-state index contributed by atoms with van der Waals surface area (Å²) in [5, 5.41) is 2.50. The van der Waals surface area contributed by atoms with Crippen LogP contribution in [0.3, 0.4) is 0 Å². The maximum absolute atomic E-state index is 11.9. The highest BCUT2D eigenvalue weighted by Crippen LogP contribution is 2.22. The number of methoxy groups -OCH3 is 1. The van der Waals surface area contributed by atoms with Gasteiger partial charge in [0.25, 0.3) is 0 Å². The molecule has 19 heavy (non-hydrogen) atoms. The van der Waals surface area contributed by atoms with E-state index < -0.39 is 12.0 Å². The van der Waals surface area contributed by atoms with Crippen LogP contribution in [0.25, 0.3) is 0 Å². The predicted octanol–water partition coefficient (Wildman–Crippen LogP) is 1.36. The van der Waals surface area contributed by atoms with Gasteiger partial charge in [-0.2, -0.15) is 0 Å². The third kappa shape index (κ3) is 4.37. The molecule has 1 atom stereocenters. The first-order chi connectivity index (χ1) is 8.95. The molecule has 1 N–H and O–H groups in total. The summed E-state index contributed by atoms with van der Waals surface area (Å²) in [5.74, 6) is -0.310. The first-order valence-corrected chi connectivity index (χ1v) is 6.02. The second-order valence-corrected chi connectivity index (χ2v) is 4.36. The maximum atomic E-state index is 11.9. The van der Waals surface area contributed by atoms with Crippen LogP contribution in [0.15, 0.2) is 18.2 Å². The van der Waals surface area contributed by atoms with Crippen molar-refractivity contribution >= 4 is 11.9 Å². The summed E-state index contributed by atoms with van der Waals surface area (Å²) in [5.41, 5.74) is 1.76. The number of amides is 1. The minimum atomic E-state index is -0.721. The van der Waals surface area contributed by atoms with Crippen molar-refractivity contribution in [2.24, 2.45) is 0 Å². The van der Waals surface area contributed by atoms with Crippen molar-refractivity contribution in [3.05, 3.63) is 29.3 Å². The van der Waals surface area contributed by atoms with Crippen molar-refractivity contribution in [3.8, 4) is 5.75 Å². The van der Waals surface area contributed by atoms with Crippen LogP contribution >= 0.6 is 0 Å². The van der Waals surface area contributed by atoms with Crippen LogP contribution in [-0.4, -0.2) is 31.6 Å². The molecule has 1 amide bonds. The Morgan fingerprint density at radius 3 is 2.37 bits per heavy atom. The van der Waals surface area contributed by atoms with Gasteiger partial charge in [0.05, 0.1) is 0 Å². The van der Waals surface area contributed by atoms with Gasteiger partial charge in [-0.15, -0.1) is 0 Å². The van der Waals surface area contributed by atoms with E-state index in [9.17, 15) is 9.59 Å². The highest BCUT2D eigenvalue weighted by atomic mass is 16.5. The molecule has 104 valence electrons. The number of nitrogens with one attached hydrogen (secondary N) is 1. The van der Waals surface area contributed by atoms with E-state index in [2.05, 4.69) is 10.1 Å². The monoisotopic (exact) mass is 265 g/mol. The van der Waals surface area contributed by atoms with Gasteiger partial charge >= 0.3 is 5.97 Å². The third-order valence-corrected chi connectivity index (χ3v) is 2.62. The fourth-order valence-electron chi connectivity index (χ4n) is 1.62. The fourth-order valence-corrected chi connectivity index (χ4v) is 1.62. The van der Waals surface area contributed by atoms with Gasteiger partial charge in [-0.1, -0.05) is 18.2 Å². The van der Waals surface area contributed by atoms with Gasteiger partial charge < -0.3 is 14.8 Å². The van der Waals surface area contributed by atoms with E-state index in [0.29, 0.717) is 5.75 Å². The molecule has 0 spiro atoms. The van der Waals surface area contributed by atoms with E-state index in [-0.39, 0.29) is 12.5 Å².